The van der Waals surface area contributed by atoms with Gasteiger partial charge < -0.3 is 9.64 Å². The van der Waals surface area contributed by atoms with E-state index >= 15 is 0 Å². The fraction of sp³-hybridized carbons (Fsp3) is 0.400. The minimum Gasteiger partial charge on any atom is -0.453 e. The fourth-order valence-corrected chi connectivity index (χ4v) is 2.69. The molecule has 6 heteroatoms. The number of carbonyl (C=O) groups is 1. The number of hydrogen-bond acceptors (Lipinski definition) is 5. The molecule has 0 aliphatic carbocycles. The lowest BCUT2D eigenvalue weighted by molar-refractivity contribution is 0.119. The third-order valence-corrected chi connectivity index (χ3v) is 3.57. The maximum absolute atomic E-state index is 11.3. The van der Waals surface area contributed by atoms with Gasteiger partial charge in [0, 0.05) is 11.4 Å². The second-order valence-corrected chi connectivity index (χ2v) is 4.49. The zero-order valence-corrected chi connectivity index (χ0v) is 9.54. The zero-order chi connectivity index (χ0) is 11.5. The van der Waals surface area contributed by atoms with Crippen molar-refractivity contribution in [3.05, 3.63) is 16.5 Å². The van der Waals surface area contributed by atoms with E-state index in [0.29, 0.717) is 18.1 Å². The molecule has 1 aromatic rings. The Labute approximate surface area is 96.3 Å². The van der Waals surface area contributed by atoms with Gasteiger partial charge in [-0.25, -0.2) is 9.59 Å². The van der Waals surface area contributed by atoms with E-state index < -0.39 is 0 Å². The van der Waals surface area contributed by atoms with Gasteiger partial charge in [-0.1, -0.05) is 0 Å². The van der Waals surface area contributed by atoms with E-state index in [4.69, 9.17) is 0 Å². The summed E-state index contributed by atoms with van der Waals surface area (Å²) in [6.45, 7) is 1.16. The van der Waals surface area contributed by atoms with Crippen molar-refractivity contribution in [1.82, 2.24) is 4.90 Å². The molecule has 0 spiro atoms. The number of thiophene rings is 1. The second kappa shape index (κ2) is 4.47. The summed E-state index contributed by atoms with van der Waals surface area (Å²) in [6, 6.07) is 1.82. The van der Waals surface area contributed by atoms with Crippen molar-refractivity contribution in [2.24, 2.45) is 4.99 Å². The van der Waals surface area contributed by atoms with Crippen molar-refractivity contribution >= 4 is 28.5 Å². The zero-order valence-electron chi connectivity index (χ0n) is 8.73. The van der Waals surface area contributed by atoms with Crippen LogP contribution in [0.3, 0.4) is 0 Å². The number of aliphatic imine (C=N–C) groups is 1. The largest absolute Gasteiger partial charge is 0.453 e. The summed E-state index contributed by atoms with van der Waals surface area (Å²) in [4.78, 5) is 27.9. The molecule has 0 N–H and O–H groups in total. The van der Waals surface area contributed by atoms with E-state index in [1.165, 1.54) is 29.4 Å². The van der Waals surface area contributed by atoms with Crippen LogP contribution < -0.4 is 0 Å². The fourth-order valence-electron chi connectivity index (χ4n) is 1.70. The van der Waals surface area contributed by atoms with Crippen LogP contribution >= 0.6 is 11.3 Å². The van der Waals surface area contributed by atoms with Gasteiger partial charge in [-0.2, -0.15) is 4.99 Å². The SMILES string of the molecule is COC(=O)N1CCc2sc(N=C=O)cc2C1. The molecular weight excluding hydrogens is 228 g/mol. The third kappa shape index (κ3) is 1.98. The van der Waals surface area contributed by atoms with Gasteiger partial charge in [-0.15, -0.1) is 11.3 Å². The van der Waals surface area contributed by atoms with Gasteiger partial charge in [-0.3, -0.25) is 0 Å². The molecule has 0 bridgehead atoms. The molecule has 0 unspecified atom stereocenters. The Morgan fingerprint density at radius 1 is 1.69 bits per heavy atom. The predicted molar refractivity (Wildman–Crippen MR) is 58.6 cm³/mol. The molecule has 0 saturated heterocycles. The Bertz CT molecular complexity index is 463. The topological polar surface area (TPSA) is 59.0 Å². The Morgan fingerprint density at radius 3 is 3.19 bits per heavy atom. The van der Waals surface area contributed by atoms with Crippen molar-refractivity contribution < 1.29 is 14.3 Å². The van der Waals surface area contributed by atoms with E-state index in [9.17, 15) is 9.59 Å². The van der Waals surface area contributed by atoms with Crippen LogP contribution in [0.4, 0.5) is 9.80 Å². The maximum atomic E-state index is 11.3. The third-order valence-electron chi connectivity index (χ3n) is 2.44. The van der Waals surface area contributed by atoms with Gasteiger partial charge in [0.2, 0.25) is 6.08 Å². The van der Waals surface area contributed by atoms with E-state index in [0.717, 1.165) is 12.0 Å². The van der Waals surface area contributed by atoms with E-state index in [1.54, 1.807) is 4.90 Å². The minimum absolute atomic E-state index is 0.322. The van der Waals surface area contributed by atoms with Gasteiger partial charge in [0.15, 0.2) is 0 Å². The van der Waals surface area contributed by atoms with Crippen molar-refractivity contribution in [3.63, 3.8) is 0 Å². The highest BCUT2D eigenvalue weighted by Gasteiger charge is 2.23. The number of rotatable bonds is 1. The molecule has 16 heavy (non-hydrogen) atoms. The van der Waals surface area contributed by atoms with Crippen LogP contribution in [0.25, 0.3) is 0 Å². The number of ether oxygens (including phenoxy) is 1. The summed E-state index contributed by atoms with van der Waals surface area (Å²) in [5.41, 5.74) is 1.04. The van der Waals surface area contributed by atoms with Crippen molar-refractivity contribution in [1.29, 1.82) is 0 Å². The molecule has 84 valence electrons. The number of hydrogen-bond donors (Lipinski definition) is 0. The van der Waals surface area contributed by atoms with E-state index in [1.807, 2.05) is 6.07 Å². The van der Waals surface area contributed by atoms with Crippen LogP contribution in [0.1, 0.15) is 10.4 Å². The Morgan fingerprint density at radius 2 is 2.50 bits per heavy atom. The lowest BCUT2D eigenvalue weighted by Crippen LogP contribution is -2.35. The molecule has 2 heterocycles. The smallest absolute Gasteiger partial charge is 0.409 e. The molecule has 1 aliphatic heterocycles. The van der Waals surface area contributed by atoms with Crippen LogP contribution in [0.2, 0.25) is 0 Å². The number of methoxy groups -OCH3 is 1. The standard InChI is InChI=1S/C10H10N2O3S/c1-15-10(14)12-3-2-8-7(5-12)4-9(16-8)11-6-13/h4H,2-3,5H2,1H3. The molecular formula is C10H10N2O3S. The van der Waals surface area contributed by atoms with Crippen molar-refractivity contribution in [2.45, 2.75) is 13.0 Å². The average Bonchev–Trinajstić information content (AvgIpc) is 2.69. The van der Waals surface area contributed by atoms with Gasteiger partial charge in [0.25, 0.3) is 0 Å². The number of carbonyl (C=O) groups excluding carboxylic acids is 2. The lowest BCUT2D eigenvalue weighted by atomic mass is 10.1. The van der Waals surface area contributed by atoms with E-state index in [-0.39, 0.29) is 6.09 Å². The maximum Gasteiger partial charge on any atom is 0.409 e. The van der Waals surface area contributed by atoms with Crippen LogP contribution in [0.5, 0.6) is 0 Å². The number of isocyanates is 1. The summed E-state index contributed by atoms with van der Waals surface area (Å²) in [7, 11) is 1.37. The first-order valence-electron chi connectivity index (χ1n) is 4.77. The normalized spacial score (nSPS) is 13.9. The summed E-state index contributed by atoms with van der Waals surface area (Å²) in [5, 5.41) is 0.645. The Balaban J connectivity index is 2.20. The molecule has 1 aromatic heterocycles. The molecule has 1 amide bonds. The number of fused-ring (bicyclic) bond motifs is 1. The van der Waals surface area contributed by atoms with Gasteiger partial charge >= 0.3 is 6.09 Å². The average molecular weight is 238 g/mol. The molecule has 0 saturated carbocycles. The van der Waals surface area contributed by atoms with Crippen LogP contribution in [0, 0.1) is 0 Å². The quantitative estimate of drug-likeness (QED) is 0.554. The number of amides is 1. The second-order valence-electron chi connectivity index (χ2n) is 3.38. The van der Waals surface area contributed by atoms with Crippen LogP contribution in [-0.2, 0) is 22.5 Å². The lowest BCUT2D eigenvalue weighted by Gasteiger charge is -2.25. The molecule has 0 aromatic carbocycles. The molecule has 2 rings (SSSR count). The summed E-state index contributed by atoms with van der Waals surface area (Å²) in [5.74, 6) is 0. The summed E-state index contributed by atoms with van der Waals surface area (Å²) in [6.07, 6.45) is 1.98. The van der Waals surface area contributed by atoms with Crippen molar-refractivity contribution in [3.8, 4) is 0 Å². The monoisotopic (exact) mass is 238 g/mol. The van der Waals surface area contributed by atoms with Crippen LogP contribution in [-0.4, -0.2) is 30.7 Å². The highest BCUT2D eigenvalue weighted by atomic mass is 32.1. The van der Waals surface area contributed by atoms with E-state index in [2.05, 4.69) is 9.73 Å². The molecule has 5 nitrogen and oxygen atoms in total. The first kappa shape index (κ1) is 10.9. The highest BCUT2D eigenvalue weighted by Crippen LogP contribution is 2.33. The minimum atomic E-state index is -0.322. The van der Waals surface area contributed by atoms with Gasteiger partial charge in [-0.05, 0) is 18.1 Å². The molecule has 1 aliphatic rings. The summed E-state index contributed by atoms with van der Waals surface area (Å²) >= 11 is 1.47. The van der Waals surface area contributed by atoms with Crippen LogP contribution in [0.15, 0.2) is 11.1 Å². The Hall–Kier alpha value is -1.65. The first-order valence-corrected chi connectivity index (χ1v) is 5.58. The summed E-state index contributed by atoms with van der Waals surface area (Å²) < 4.78 is 4.66. The highest BCUT2D eigenvalue weighted by molar-refractivity contribution is 7.16. The molecule has 0 atom stereocenters. The van der Waals surface area contributed by atoms with Gasteiger partial charge in [0.05, 0.1) is 13.7 Å². The van der Waals surface area contributed by atoms with Crippen molar-refractivity contribution in [2.75, 3.05) is 13.7 Å². The Kier molecular flexibility index (Phi) is 3.03. The van der Waals surface area contributed by atoms with Gasteiger partial charge in [0.1, 0.15) is 5.00 Å². The molecule has 0 fully saturated rings. The number of nitrogens with zero attached hydrogens (tertiary/aromatic N) is 2. The predicted octanol–water partition coefficient (Wildman–Crippen LogP) is 1.84. The first-order chi connectivity index (χ1) is 7.74. The molecule has 0 radical (unpaired) electrons.